The van der Waals surface area contributed by atoms with E-state index in [-0.39, 0.29) is 0 Å². The molecule has 186 valence electrons. The summed E-state index contributed by atoms with van der Waals surface area (Å²) in [4.78, 5) is 11.8. The molecule has 2 fully saturated rings. The van der Waals surface area contributed by atoms with E-state index in [1.54, 1.807) is 24.3 Å². The molecule has 2 aliphatic rings. The van der Waals surface area contributed by atoms with Gasteiger partial charge in [0.2, 0.25) is 12.2 Å². The van der Waals surface area contributed by atoms with Gasteiger partial charge in [-0.3, -0.25) is 4.79 Å². The molecule has 6 N–H and O–H groups in total. The van der Waals surface area contributed by atoms with Gasteiger partial charge in [-0.15, -0.1) is 0 Å². The zero-order valence-electron chi connectivity index (χ0n) is 18.5. The van der Waals surface area contributed by atoms with Crippen LogP contribution >= 0.6 is 0 Å². The maximum absolute atomic E-state index is 11.8. The molecule has 0 aliphatic carbocycles. The molecule has 1 aromatic carbocycles. The number of carbonyl (C=O) groups is 1. The van der Waals surface area contributed by atoms with Crippen LogP contribution in [-0.4, -0.2) is 107 Å². The third-order valence-electron chi connectivity index (χ3n) is 5.63. The molecular weight excluding hydrogens is 442 g/mol. The van der Waals surface area contributed by atoms with Crippen LogP contribution in [0.4, 0.5) is 0 Å². The maximum Gasteiger partial charge on any atom is 0.223 e. The summed E-state index contributed by atoms with van der Waals surface area (Å²) in [6.45, 7) is 2.13. The molecule has 0 aromatic heterocycles. The fourth-order valence-corrected chi connectivity index (χ4v) is 3.79. The van der Waals surface area contributed by atoms with Crippen LogP contribution in [0.25, 0.3) is 0 Å². The quantitative estimate of drug-likeness (QED) is 0.255. The van der Waals surface area contributed by atoms with E-state index in [4.69, 9.17) is 23.7 Å². The number of methoxy groups -OCH3 is 1. The van der Waals surface area contributed by atoms with Gasteiger partial charge in [0, 0.05) is 6.92 Å². The number of carbonyl (C=O) groups excluding carboxylic acids is 1. The third-order valence-corrected chi connectivity index (χ3v) is 5.63. The minimum Gasteiger partial charge on any atom is -0.497 e. The molecule has 10 atom stereocenters. The molecule has 12 heteroatoms. The van der Waals surface area contributed by atoms with Crippen molar-refractivity contribution in [1.82, 2.24) is 5.32 Å². The Balaban J connectivity index is 1.79. The van der Waals surface area contributed by atoms with Crippen molar-refractivity contribution in [3.63, 3.8) is 0 Å². The standard InChI is InChI=1S/C21H31NO11/c1-9-15(25)17(27)18(28)21(30-9)33-19-13(8-23)32-20(14(16(19)26)22-10(2)24)31-12-6-4-11(29-3)5-7-12/h4-7,9,13-21,23,25-28H,8H2,1-3H3,(H,22,24)/t9-,13+,14+,15-,16+,17+,18+,19+,20+,21-/m0/s1. The second-order valence-electron chi connectivity index (χ2n) is 8.02. The van der Waals surface area contributed by atoms with Gasteiger partial charge in [-0.1, -0.05) is 0 Å². The Morgan fingerprint density at radius 2 is 1.61 bits per heavy atom. The molecular formula is C21H31NO11. The molecule has 1 aromatic rings. The molecule has 0 unspecified atom stereocenters. The molecule has 33 heavy (non-hydrogen) atoms. The van der Waals surface area contributed by atoms with E-state index >= 15 is 0 Å². The van der Waals surface area contributed by atoms with E-state index in [1.165, 1.54) is 21.0 Å². The summed E-state index contributed by atoms with van der Waals surface area (Å²) >= 11 is 0. The normalized spacial score (nSPS) is 39.0. The first-order valence-corrected chi connectivity index (χ1v) is 10.5. The van der Waals surface area contributed by atoms with Gasteiger partial charge in [-0.25, -0.2) is 0 Å². The van der Waals surface area contributed by atoms with Gasteiger partial charge in [-0.05, 0) is 31.2 Å². The van der Waals surface area contributed by atoms with Gasteiger partial charge < -0.3 is 54.5 Å². The van der Waals surface area contributed by atoms with Gasteiger partial charge in [0.15, 0.2) is 6.29 Å². The minimum atomic E-state index is -1.63. The van der Waals surface area contributed by atoms with Crippen molar-refractivity contribution in [2.75, 3.05) is 13.7 Å². The summed E-state index contributed by atoms with van der Waals surface area (Å²) in [5, 5.41) is 53.6. The first kappa shape index (κ1) is 25.6. The predicted octanol–water partition coefficient (Wildman–Crippen LogP) is -2.13. The van der Waals surface area contributed by atoms with E-state index in [0.29, 0.717) is 11.5 Å². The number of amides is 1. The van der Waals surface area contributed by atoms with Gasteiger partial charge in [0.1, 0.15) is 54.2 Å². The molecule has 2 aliphatic heterocycles. The molecule has 0 spiro atoms. The number of benzene rings is 1. The second kappa shape index (κ2) is 10.9. The predicted molar refractivity (Wildman–Crippen MR) is 110 cm³/mol. The summed E-state index contributed by atoms with van der Waals surface area (Å²) in [7, 11) is 1.52. The zero-order valence-corrected chi connectivity index (χ0v) is 18.5. The number of hydrogen-bond donors (Lipinski definition) is 6. The first-order chi connectivity index (χ1) is 15.7. The Morgan fingerprint density at radius 1 is 0.970 bits per heavy atom. The van der Waals surface area contributed by atoms with E-state index in [2.05, 4.69) is 5.32 Å². The Kier molecular flexibility index (Phi) is 8.48. The molecule has 12 nitrogen and oxygen atoms in total. The molecule has 0 saturated carbocycles. The van der Waals surface area contributed by atoms with Crippen molar-refractivity contribution < 1.29 is 54.0 Å². The molecule has 2 heterocycles. The number of nitrogens with one attached hydrogen (secondary N) is 1. The summed E-state index contributed by atoms with van der Waals surface area (Å²) < 4.78 is 27.8. The Hall–Kier alpha value is -2.03. The number of ether oxygens (including phenoxy) is 5. The highest BCUT2D eigenvalue weighted by molar-refractivity contribution is 5.73. The average Bonchev–Trinajstić information content (AvgIpc) is 2.80. The smallest absolute Gasteiger partial charge is 0.223 e. The Labute approximate surface area is 190 Å². The van der Waals surface area contributed by atoms with Crippen molar-refractivity contribution in [1.29, 1.82) is 0 Å². The average molecular weight is 473 g/mol. The summed E-state index contributed by atoms with van der Waals surface area (Å²) in [6, 6.07) is 5.40. The first-order valence-electron chi connectivity index (χ1n) is 10.5. The number of rotatable bonds is 7. The van der Waals surface area contributed by atoms with Crippen LogP contribution in [0.3, 0.4) is 0 Å². The van der Waals surface area contributed by atoms with Crippen LogP contribution in [0.2, 0.25) is 0 Å². The molecule has 1 amide bonds. The van der Waals surface area contributed by atoms with Crippen LogP contribution in [0.15, 0.2) is 24.3 Å². The van der Waals surface area contributed by atoms with E-state index < -0.39 is 73.9 Å². The highest BCUT2D eigenvalue weighted by Crippen LogP contribution is 2.30. The van der Waals surface area contributed by atoms with Crippen molar-refractivity contribution in [3.8, 4) is 11.5 Å². The lowest BCUT2D eigenvalue weighted by Gasteiger charge is -2.46. The van der Waals surface area contributed by atoms with E-state index in [1.807, 2.05) is 0 Å². The number of hydrogen-bond acceptors (Lipinski definition) is 11. The summed E-state index contributed by atoms with van der Waals surface area (Å²) in [5.41, 5.74) is 0. The monoisotopic (exact) mass is 473 g/mol. The second-order valence-corrected chi connectivity index (χ2v) is 8.02. The van der Waals surface area contributed by atoms with Crippen molar-refractivity contribution in [2.45, 2.75) is 75.2 Å². The topological polar surface area (TPSA) is 176 Å². The van der Waals surface area contributed by atoms with E-state index in [0.717, 1.165) is 0 Å². The lowest BCUT2D eigenvalue weighted by atomic mass is 9.95. The van der Waals surface area contributed by atoms with Crippen LogP contribution in [-0.2, 0) is 19.0 Å². The molecule has 0 radical (unpaired) electrons. The van der Waals surface area contributed by atoms with Gasteiger partial charge in [0.05, 0.1) is 19.8 Å². The van der Waals surface area contributed by atoms with Crippen molar-refractivity contribution in [3.05, 3.63) is 24.3 Å². The Bertz CT molecular complexity index is 778. The highest BCUT2D eigenvalue weighted by atomic mass is 16.7. The fraction of sp³-hybridized carbons (Fsp3) is 0.667. The number of aliphatic hydroxyl groups is 5. The van der Waals surface area contributed by atoms with Gasteiger partial charge in [-0.2, -0.15) is 0 Å². The van der Waals surface area contributed by atoms with Crippen LogP contribution in [0, 0.1) is 0 Å². The largest absolute Gasteiger partial charge is 0.497 e. The minimum absolute atomic E-state index is 0.358. The lowest BCUT2D eigenvalue weighted by Crippen LogP contribution is -2.67. The summed E-state index contributed by atoms with van der Waals surface area (Å²) in [6.07, 6.45) is -11.9. The lowest BCUT2D eigenvalue weighted by molar-refractivity contribution is -0.339. The van der Waals surface area contributed by atoms with Crippen molar-refractivity contribution >= 4 is 5.91 Å². The SMILES string of the molecule is COc1ccc(O[C@@H]2O[C@H](CO)[C@@H](O[C@@H]3O[C@@H](C)[C@H](O)[C@@H](O)[C@H]3O)[C@H](O)[C@H]2NC(C)=O)cc1. The number of aliphatic hydroxyl groups excluding tert-OH is 5. The van der Waals surface area contributed by atoms with Gasteiger partial charge in [0.25, 0.3) is 0 Å². The summed E-state index contributed by atoms with van der Waals surface area (Å²) in [5.74, 6) is 0.476. The van der Waals surface area contributed by atoms with E-state index in [9.17, 15) is 30.3 Å². The zero-order chi connectivity index (χ0) is 24.3. The van der Waals surface area contributed by atoms with Crippen LogP contribution < -0.4 is 14.8 Å². The van der Waals surface area contributed by atoms with Crippen LogP contribution in [0.1, 0.15) is 13.8 Å². The molecule has 3 rings (SSSR count). The highest BCUT2D eigenvalue weighted by Gasteiger charge is 2.51. The Morgan fingerprint density at radius 3 is 2.18 bits per heavy atom. The van der Waals surface area contributed by atoms with Crippen molar-refractivity contribution in [2.24, 2.45) is 0 Å². The third kappa shape index (κ3) is 5.73. The molecule has 0 bridgehead atoms. The maximum atomic E-state index is 11.8. The fourth-order valence-electron chi connectivity index (χ4n) is 3.79. The molecule has 2 saturated heterocycles. The van der Waals surface area contributed by atoms with Crippen LogP contribution in [0.5, 0.6) is 11.5 Å². The van der Waals surface area contributed by atoms with Gasteiger partial charge >= 0.3 is 0 Å².